The third-order valence-corrected chi connectivity index (χ3v) is 6.56. The van der Waals surface area contributed by atoms with Crippen molar-refractivity contribution in [3.63, 3.8) is 0 Å². The first-order chi connectivity index (χ1) is 14.9. The van der Waals surface area contributed by atoms with Gasteiger partial charge in [0.05, 0.1) is 22.9 Å². The van der Waals surface area contributed by atoms with E-state index in [1.165, 1.54) is 6.20 Å². The third kappa shape index (κ3) is 5.65. The van der Waals surface area contributed by atoms with Crippen LogP contribution in [0.2, 0.25) is 0 Å². The van der Waals surface area contributed by atoms with Crippen LogP contribution in [-0.4, -0.2) is 43.6 Å². The Bertz CT molecular complexity index is 1240. The maximum Gasteiger partial charge on any atom is 0.252 e. The highest BCUT2D eigenvalue weighted by molar-refractivity contribution is 7.92. The minimum Gasteiger partial charge on any atom is -0.350 e. The van der Waals surface area contributed by atoms with Gasteiger partial charge in [-0.05, 0) is 17.7 Å². The highest BCUT2D eigenvalue weighted by Crippen LogP contribution is 2.14. The lowest BCUT2D eigenvalue weighted by Gasteiger charge is -2.17. The lowest BCUT2D eigenvalue weighted by molar-refractivity contribution is -0.120. The number of fused-ring (bicyclic) bond motifs is 1. The number of carbonyl (C=O) groups excluding carboxylic acids is 2. The number of aromatic nitrogens is 1. The number of nitrogens with one attached hydrogen (secondary N) is 2. The Labute approximate surface area is 179 Å². The second kappa shape index (κ2) is 9.82. The van der Waals surface area contributed by atoms with E-state index in [9.17, 15) is 18.0 Å². The van der Waals surface area contributed by atoms with E-state index in [1.54, 1.807) is 42.5 Å². The van der Waals surface area contributed by atoms with Gasteiger partial charge < -0.3 is 10.6 Å². The zero-order chi connectivity index (χ0) is 22.3. The molecule has 3 rings (SSSR count). The van der Waals surface area contributed by atoms with E-state index in [-0.39, 0.29) is 17.9 Å². The second-order valence-electron chi connectivity index (χ2n) is 6.78. The molecule has 2 amide bonds. The van der Waals surface area contributed by atoms with Crippen LogP contribution in [0.4, 0.5) is 0 Å². The number of hydrogen-bond acceptors (Lipinski definition) is 6. The molecule has 0 spiro atoms. The zero-order valence-electron chi connectivity index (χ0n) is 16.5. The van der Waals surface area contributed by atoms with Crippen LogP contribution in [0, 0.1) is 11.3 Å². The molecule has 0 saturated heterocycles. The van der Waals surface area contributed by atoms with Crippen LogP contribution in [0.25, 0.3) is 10.9 Å². The van der Waals surface area contributed by atoms with Gasteiger partial charge in [0.25, 0.3) is 5.91 Å². The molecule has 2 N–H and O–H groups in total. The molecule has 0 saturated carbocycles. The van der Waals surface area contributed by atoms with Gasteiger partial charge in [-0.15, -0.1) is 0 Å². The molecule has 2 aromatic carbocycles. The number of rotatable bonds is 8. The zero-order valence-corrected chi connectivity index (χ0v) is 17.3. The number of benzene rings is 2. The van der Waals surface area contributed by atoms with E-state index >= 15 is 0 Å². The monoisotopic (exact) mass is 436 g/mol. The van der Waals surface area contributed by atoms with Crippen molar-refractivity contribution in [1.82, 2.24) is 15.6 Å². The van der Waals surface area contributed by atoms with Gasteiger partial charge in [-0.2, -0.15) is 5.26 Å². The molecule has 9 heteroatoms. The Morgan fingerprint density at radius 1 is 1.03 bits per heavy atom. The Kier molecular flexibility index (Phi) is 6.95. The van der Waals surface area contributed by atoms with Crippen molar-refractivity contribution in [3.05, 3.63) is 78.0 Å². The first-order valence-corrected chi connectivity index (χ1v) is 11.2. The summed E-state index contributed by atoms with van der Waals surface area (Å²) in [6.45, 7) is -0.767. The summed E-state index contributed by atoms with van der Waals surface area (Å²) in [7, 11) is -3.97. The molecule has 0 aliphatic rings. The number of para-hydroxylation sites is 1. The van der Waals surface area contributed by atoms with E-state index in [0.717, 1.165) is 10.9 Å². The van der Waals surface area contributed by atoms with Crippen LogP contribution in [0.1, 0.15) is 15.9 Å². The lowest BCUT2D eigenvalue weighted by atomic mass is 10.1. The van der Waals surface area contributed by atoms with Gasteiger partial charge in [-0.25, -0.2) is 8.42 Å². The number of pyridine rings is 1. The molecule has 8 nitrogen and oxygen atoms in total. The largest absolute Gasteiger partial charge is 0.350 e. The Hall–Kier alpha value is -3.77. The van der Waals surface area contributed by atoms with Crippen LogP contribution in [0.15, 0.2) is 66.9 Å². The van der Waals surface area contributed by atoms with Gasteiger partial charge >= 0.3 is 0 Å². The number of hydrogen-bond donors (Lipinski definition) is 2. The third-order valence-electron chi connectivity index (χ3n) is 4.58. The summed E-state index contributed by atoms with van der Waals surface area (Å²) in [6, 6.07) is 19.1. The van der Waals surface area contributed by atoms with Crippen molar-refractivity contribution in [1.29, 1.82) is 5.26 Å². The summed E-state index contributed by atoms with van der Waals surface area (Å²) in [5.74, 6) is -1.76. The van der Waals surface area contributed by atoms with Gasteiger partial charge in [0.2, 0.25) is 5.91 Å². The van der Waals surface area contributed by atoms with Crippen molar-refractivity contribution in [2.24, 2.45) is 0 Å². The molecule has 3 aromatic rings. The quantitative estimate of drug-likeness (QED) is 0.516. The minimum atomic E-state index is -3.97. The van der Waals surface area contributed by atoms with E-state index in [2.05, 4.69) is 15.6 Å². The number of nitrogens with zero attached hydrogens (tertiary/aromatic N) is 2. The fourth-order valence-corrected chi connectivity index (χ4v) is 4.62. The highest BCUT2D eigenvalue weighted by atomic mass is 32.2. The van der Waals surface area contributed by atoms with Gasteiger partial charge in [-0.1, -0.05) is 48.5 Å². The van der Waals surface area contributed by atoms with Crippen molar-refractivity contribution in [2.75, 3.05) is 13.1 Å². The molecule has 1 unspecified atom stereocenters. The van der Waals surface area contributed by atoms with Gasteiger partial charge in [0, 0.05) is 18.1 Å². The van der Waals surface area contributed by atoms with Crippen LogP contribution >= 0.6 is 0 Å². The van der Waals surface area contributed by atoms with Gasteiger partial charge in [-0.3, -0.25) is 14.6 Å². The van der Waals surface area contributed by atoms with E-state index in [4.69, 9.17) is 5.26 Å². The van der Waals surface area contributed by atoms with Crippen LogP contribution in [0.3, 0.4) is 0 Å². The topological polar surface area (TPSA) is 129 Å². The Balaban J connectivity index is 1.78. The molecule has 1 atom stereocenters. The molecule has 0 radical (unpaired) electrons. The number of carbonyl (C=O) groups is 2. The summed E-state index contributed by atoms with van der Waals surface area (Å²) in [4.78, 5) is 29.3. The van der Waals surface area contributed by atoms with Gasteiger partial charge in [0.1, 0.15) is 6.54 Å². The Morgan fingerprint density at radius 2 is 1.74 bits per heavy atom. The van der Waals surface area contributed by atoms with Crippen LogP contribution in [-0.2, 0) is 20.4 Å². The lowest BCUT2D eigenvalue weighted by Crippen LogP contribution is -2.47. The fourth-order valence-electron chi connectivity index (χ4n) is 3.01. The summed E-state index contributed by atoms with van der Waals surface area (Å²) in [6.07, 6.45) is 1.39. The average Bonchev–Trinajstić information content (AvgIpc) is 2.77. The summed E-state index contributed by atoms with van der Waals surface area (Å²) in [5.41, 5.74) is 1.49. The molecule has 0 aliphatic carbocycles. The second-order valence-corrected chi connectivity index (χ2v) is 8.97. The predicted octanol–water partition coefficient (Wildman–Crippen LogP) is 1.59. The molecule has 0 fully saturated rings. The van der Waals surface area contributed by atoms with Crippen molar-refractivity contribution < 1.29 is 18.0 Å². The highest BCUT2D eigenvalue weighted by Gasteiger charge is 2.33. The van der Waals surface area contributed by atoms with E-state index in [0.29, 0.717) is 5.56 Å². The van der Waals surface area contributed by atoms with Crippen molar-refractivity contribution in [2.45, 2.75) is 11.0 Å². The van der Waals surface area contributed by atoms with Crippen molar-refractivity contribution in [3.8, 4) is 6.07 Å². The summed E-state index contributed by atoms with van der Waals surface area (Å²) >= 11 is 0. The summed E-state index contributed by atoms with van der Waals surface area (Å²) in [5, 5.41) is 12.7. The number of amides is 2. The molecular formula is C22H20N4O4S. The Morgan fingerprint density at radius 3 is 2.48 bits per heavy atom. The van der Waals surface area contributed by atoms with Crippen molar-refractivity contribution >= 4 is 32.6 Å². The average molecular weight is 436 g/mol. The molecule has 1 heterocycles. The number of sulfone groups is 1. The summed E-state index contributed by atoms with van der Waals surface area (Å²) < 4.78 is 25.8. The van der Waals surface area contributed by atoms with Gasteiger partial charge in [0.15, 0.2) is 15.1 Å². The first kappa shape index (κ1) is 21.9. The maximum atomic E-state index is 12.9. The SMILES string of the molecule is N#CCNC(=O)C(CNC(=O)c1cnc2ccccc2c1)S(=O)(=O)Cc1ccccc1. The first-order valence-electron chi connectivity index (χ1n) is 9.44. The number of nitriles is 1. The van der Waals surface area contributed by atoms with E-state index in [1.807, 2.05) is 24.3 Å². The fraction of sp³-hybridized carbons (Fsp3) is 0.182. The molecule has 0 aliphatic heterocycles. The minimum absolute atomic E-state index is 0.246. The molecule has 158 valence electrons. The molecule has 31 heavy (non-hydrogen) atoms. The smallest absolute Gasteiger partial charge is 0.252 e. The maximum absolute atomic E-state index is 12.9. The molecule has 1 aromatic heterocycles. The van der Waals surface area contributed by atoms with Crippen LogP contribution < -0.4 is 10.6 Å². The van der Waals surface area contributed by atoms with Crippen LogP contribution in [0.5, 0.6) is 0 Å². The normalized spacial score (nSPS) is 12.0. The standard InChI is InChI=1S/C22H20N4O4S/c23-10-11-24-22(28)20(31(29,30)15-16-6-2-1-3-7-16)14-26-21(27)18-12-17-8-4-5-9-19(17)25-13-18/h1-9,12-13,20H,11,14-15H2,(H,24,28)(H,26,27). The predicted molar refractivity (Wildman–Crippen MR) is 116 cm³/mol. The molecular weight excluding hydrogens is 416 g/mol. The van der Waals surface area contributed by atoms with E-state index < -0.39 is 33.4 Å². The molecule has 0 bridgehead atoms.